The minimum atomic E-state index is -0.502. The van der Waals surface area contributed by atoms with Crippen LogP contribution in [0.5, 0.6) is 5.75 Å². The zero-order valence-corrected chi connectivity index (χ0v) is 21.9. The molecule has 35 heavy (non-hydrogen) atoms. The number of ether oxygens (including phenoxy) is 1. The summed E-state index contributed by atoms with van der Waals surface area (Å²) in [5, 5.41) is 8.20. The fourth-order valence-electron chi connectivity index (χ4n) is 3.77. The van der Waals surface area contributed by atoms with E-state index in [1.165, 1.54) is 11.8 Å². The number of thioether (sulfide) groups is 1. The van der Waals surface area contributed by atoms with Gasteiger partial charge in [0.2, 0.25) is 0 Å². The lowest BCUT2D eigenvalue weighted by Crippen LogP contribution is -2.32. The van der Waals surface area contributed by atoms with Crippen molar-refractivity contribution in [1.82, 2.24) is 5.32 Å². The van der Waals surface area contributed by atoms with Gasteiger partial charge < -0.3 is 15.4 Å². The molecule has 0 bridgehead atoms. The van der Waals surface area contributed by atoms with Gasteiger partial charge in [-0.05, 0) is 60.9 Å². The molecule has 0 aliphatic carbocycles. The predicted molar refractivity (Wildman–Crippen MR) is 147 cm³/mol. The smallest absolute Gasteiger partial charge is 0.255 e. The van der Waals surface area contributed by atoms with E-state index in [4.69, 9.17) is 32.9 Å². The van der Waals surface area contributed by atoms with E-state index in [0.717, 1.165) is 33.8 Å². The van der Waals surface area contributed by atoms with E-state index in [-0.39, 0.29) is 5.91 Å². The molecule has 1 heterocycles. The molecule has 1 aliphatic rings. The molecule has 2 N–H and O–H groups in total. The molecule has 0 radical (unpaired) electrons. The van der Waals surface area contributed by atoms with Crippen molar-refractivity contribution in [1.29, 1.82) is 0 Å². The van der Waals surface area contributed by atoms with Crippen LogP contribution in [0.25, 0.3) is 0 Å². The Kier molecular flexibility index (Phi) is 8.06. The van der Waals surface area contributed by atoms with Crippen LogP contribution >= 0.6 is 35.0 Å². The molecule has 1 atom stereocenters. The maximum Gasteiger partial charge on any atom is 0.255 e. The van der Waals surface area contributed by atoms with Gasteiger partial charge in [0.05, 0.1) is 12.7 Å². The lowest BCUT2D eigenvalue weighted by atomic mass is 9.94. The fraction of sp³-hybridized carbons (Fsp3) is 0.185. The van der Waals surface area contributed by atoms with Crippen molar-refractivity contribution in [2.24, 2.45) is 4.99 Å². The minimum absolute atomic E-state index is 0.209. The van der Waals surface area contributed by atoms with E-state index < -0.39 is 6.04 Å². The number of anilines is 1. The number of amidine groups is 1. The summed E-state index contributed by atoms with van der Waals surface area (Å²) in [6.07, 6.45) is 0. The van der Waals surface area contributed by atoms with E-state index in [9.17, 15) is 4.79 Å². The summed E-state index contributed by atoms with van der Waals surface area (Å²) in [5.41, 5.74) is 4.84. The second kappa shape index (κ2) is 11.2. The number of aryl methyl sites for hydroxylation is 1. The first kappa shape index (κ1) is 25.2. The van der Waals surface area contributed by atoms with Crippen LogP contribution in [0.1, 0.15) is 29.7 Å². The van der Waals surface area contributed by atoms with Crippen molar-refractivity contribution in [3.8, 4) is 5.75 Å². The Hall–Kier alpha value is -2.93. The number of carbonyl (C=O) groups is 1. The van der Waals surface area contributed by atoms with Crippen LogP contribution in [0.3, 0.4) is 0 Å². The topological polar surface area (TPSA) is 62.7 Å². The highest BCUT2D eigenvalue weighted by Gasteiger charge is 2.30. The van der Waals surface area contributed by atoms with Crippen LogP contribution in [-0.4, -0.2) is 18.2 Å². The molecule has 3 aromatic rings. The number of hydrogen-bond donors (Lipinski definition) is 2. The van der Waals surface area contributed by atoms with Gasteiger partial charge in [0.15, 0.2) is 5.17 Å². The average molecular weight is 526 g/mol. The van der Waals surface area contributed by atoms with Gasteiger partial charge in [-0.2, -0.15) is 0 Å². The quantitative estimate of drug-likeness (QED) is 0.358. The maximum absolute atomic E-state index is 13.4. The number of allylic oxidation sites excluding steroid dienone is 1. The number of methoxy groups -OCH3 is 1. The van der Waals surface area contributed by atoms with Crippen molar-refractivity contribution in [3.63, 3.8) is 0 Å². The second-order valence-corrected chi connectivity index (χ2v) is 9.88. The molecule has 8 heteroatoms. The lowest BCUT2D eigenvalue weighted by Gasteiger charge is -2.27. The highest BCUT2D eigenvalue weighted by atomic mass is 35.5. The summed E-state index contributed by atoms with van der Waals surface area (Å²) in [7, 11) is 1.64. The molecule has 0 saturated heterocycles. The minimum Gasteiger partial charge on any atom is -0.496 e. The Bertz CT molecular complexity index is 1310. The highest BCUT2D eigenvalue weighted by molar-refractivity contribution is 8.13. The van der Waals surface area contributed by atoms with Gasteiger partial charge in [-0.25, -0.2) is 4.99 Å². The number of hydrogen-bond acceptors (Lipinski definition) is 5. The van der Waals surface area contributed by atoms with Crippen molar-refractivity contribution in [2.45, 2.75) is 25.6 Å². The molecule has 4 rings (SSSR count). The number of benzene rings is 3. The first-order valence-electron chi connectivity index (χ1n) is 11.0. The molecule has 1 aliphatic heterocycles. The molecule has 0 saturated carbocycles. The number of aliphatic imine (C=N–C) groups is 1. The van der Waals surface area contributed by atoms with E-state index in [0.29, 0.717) is 26.5 Å². The number of nitrogens with zero attached hydrogens (tertiary/aromatic N) is 1. The van der Waals surface area contributed by atoms with Gasteiger partial charge in [-0.15, -0.1) is 0 Å². The van der Waals surface area contributed by atoms with E-state index in [1.54, 1.807) is 13.2 Å². The van der Waals surface area contributed by atoms with Gasteiger partial charge in [0.1, 0.15) is 11.8 Å². The van der Waals surface area contributed by atoms with Gasteiger partial charge in [-0.3, -0.25) is 4.79 Å². The summed E-state index contributed by atoms with van der Waals surface area (Å²) in [4.78, 5) is 18.3. The van der Waals surface area contributed by atoms with Crippen LogP contribution in [-0.2, 0) is 10.5 Å². The number of rotatable bonds is 6. The third-order valence-corrected chi connectivity index (χ3v) is 7.15. The zero-order chi connectivity index (χ0) is 24.9. The Morgan fingerprint density at radius 3 is 2.57 bits per heavy atom. The van der Waals surface area contributed by atoms with E-state index in [2.05, 4.69) is 10.6 Å². The molecule has 0 unspecified atom stereocenters. The summed E-state index contributed by atoms with van der Waals surface area (Å²) < 4.78 is 5.54. The first-order chi connectivity index (χ1) is 16.9. The Morgan fingerprint density at radius 2 is 1.86 bits per heavy atom. The third-order valence-electron chi connectivity index (χ3n) is 5.62. The summed E-state index contributed by atoms with van der Waals surface area (Å²) >= 11 is 13.9. The molecule has 3 aromatic carbocycles. The van der Waals surface area contributed by atoms with Crippen LogP contribution in [0.2, 0.25) is 10.0 Å². The van der Waals surface area contributed by atoms with Crippen LogP contribution in [0, 0.1) is 6.92 Å². The van der Waals surface area contributed by atoms with Gasteiger partial charge in [0, 0.05) is 27.2 Å². The number of halogens is 2. The predicted octanol–water partition coefficient (Wildman–Crippen LogP) is 7.16. The normalized spacial score (nSPS) is 15.3. The molecular weight excluding hydrogens is 501 g/mol. The summed E-state index contributed by atoms with van der Waals surface area (Å²) in [6, 6.07) is 20.2. The highest BCUT2D eigenvalue weighted by Crippen LogP contribution is 2.36. The third kappa shape index (κ3) is 6.01. The van der Waals surface area contributed by atoms with Gasteiger partial charge in [0.25, 0.3) is 5.91 Å². The SMILES string of the molecule is COc1cc([C@@H]2N=C(SCc3ccc(Cl)cc3Cl)NC(C)=C2C(=O)Nc2ccccc2)ccc1C. The number of para-hydroxylation sites is 1. The first-order valence-corrected chi connectivity index (χ1v) is 12.7. The fourth-order valence-corrected chi connectivity index (χ4v) is 5.27. The molecule has 0 aromatic heterocycles. The number of amides is 1. The largest absolute Gasteiger partial charge is 0.496 e. The van der Waals surface area contributed by atoms with Crippen molar-refractivity contribution in [3.05, 3.63) is 105 Å². The van der Waals surface area contributed by atoms with Gasteiger partial charge >= 0.3 is 0 Å². The monoisotopic (exact) mass is 525 g/mol. The molecule has 5 nitrogen and oxygen atoms in total. The Labute approximate surface area is 219 Å². The van der Waals surface area contributed by atoms with Crippen molar-refractivity contribution < 1.29 is 9.53 Å². The molecular formula is C27H25Cl2N3O2S. The van der Waals surface area contributed by atoms with E-state index in [1.807, 2.05) is 74.5 Å². The second-order valence-electron chi connectivity index (χ2n) is 8.07. The van der Waals surface area contributed by atoms with Crippen molar-refractivity contribution in [2.75, 3.05) is 12.4 Å². The van der Waals surface area contributed by atoms with Crippen LogP contribution < -0.4 is 15.4 Å². The van der Waals surface area contributed by atoms with Crippen LogP contribution in [0.4, 0.5) is 5.69 Å². The summed E-state index contributed by atoms with van der Waals surface area (Å²) in [5.74, 6) is 1.14. The standard InChI is InChI=1S/C27H25Cl2N3O2S/c1-16-9-10-18(13-23(16)34-3)25-24(26(33)31-21-7-5-4-6-8-21)17(2)30-27(32-25)35-15-19-11-12-20(28)14-22(19)29/h4-14,25H,15H2,1-3H3,(H,30,32)(H,31,33)/t25-/m0/s1. The van der Waals surface area contributed by atoms with E-state index >= 15 is 0 Å². The van der Waals surface area contributed by atoms with Crippen LogP contribution in [0.15, 0.2) is 83.0 Å². The van der Waals surface area contributed by atoms with Crippen molar-refractivity contribution >= 4 is 51.7 Å². The average Bonchev–Trinajstić information content (AvgIpc) is 2.84. The molecule has 0 fully saturated rings. The Balaban J connectivity index is 1.66. The zero-order valence-electron chi connectivity index (χ0n) is 19.6. The molecule has 1 amide bonds. The summed E-state index contributed by atoms with van der Waals surface area (Å²) in [6.45, 7) is 3.87. The lowest BCUT2D eigenvalue weighted by molar-refractivity contribution is -0.113. The molecule has 0 spiro atoms. The number of carbonyl (C=O) groups excluding carboxylic acids is 1. The Morgan fingerprint density at radius 1 is 1.09 bits per heavy atom. The molecule has 180 valence electrons. The maximum atomic E-state index is 13.4. The van der Waals surface area contributed by atoms with Gasteiger partial charge in [-0.1, -0.05) is 71.4 Å². The number of nitrogens with one attached hydrogen (secondary N) is 2.